The molecule has 2 heterocycles. The van der Waals surface area contributed by atoms with Gasteiger partial charge in [-0.15, -0.1) is 11.3 Å². The van der Waals surface area contributed by atoms with Crippen molar-refractivity contribution >= 4 is 11.3 Å². The lowest BCUT2D eigenvalue weighted by Gasteiger charge is -2.21. The van der Waals surface area contributed by atoms with Crippen molar-refractivity contribution in [2.24, 2.45) is 0 Å². The van der Waals surface area contributed by atoms with Crippen LogP contribution in [0.15, 0.2) is 41.9 Å². The van der Waals surface area contributed by atoms with Gasteiger partial charge in [-0.3, -0.25) is 0 Å². The topological polar surface area (TPSA) is 55.2 Å². The first-order valence-electron chi connectivity index (χ1n) is 7.06. The lowest BCUT2D eigenvalue weighted by atomic mass is 9.96. The average molecular weight is 348 g/mol. The van der Waals surface area contributed by atoms with Crippen molar-refractivity contribution in [2.45, 2.75) is 12.5 Å². The summed E-state index contributed by atoms with van der Waals surface area (Å²) < 4.78 is 31.5. The maximum Gasteiger partial charge on any atom is 0.212 e. The van der Waals surface area contributed by atoms with Crippen LogP contribution in [0.4, 0.5) is 8.78 Å². The normalized spacial score (nSPS) is 13.5. The molecule has 0 saturated carbocycles. The highest BCUT2D eigenvalue weighted by molar-refractivity contribution is 7.10. The third-order valence-corrected chi connectivity index (χ3v) is 4.70. The maximum absolute atomic E-state index is 13.4. The van der Waals surface area contributed by atoms with Gasteiger partial charge in [-0.2, -0.15) is 0 Å². The average Bonchev–Trinajstić information content (AvgIpc) is 3.08. The summed E-state index contributed by atoms with van der Waals surface area (Å²) in [6.07, 6.45) is 1.62. The number of methoxy groups -OCH3 is 1. The van der Waals surface area contributed by atoms with Crippen LogP contribution in [0.3, 0.4) is 0 Å². The largest absolute Gasteiger partial charge is 0.481 e. The minimum Gasteiger partial charge on any atom is -0.481 e. The number of thiazole rings is 1. The SMILES string of the molecule is COc1ccc(-c2csc(C(C)(O)c3ccc(F)c(F)c3)n2)cn1. The van der Waals surface area contributed by atoms with E-state index in [9.17, 15) is 13.9 Å². The molecule has 0 saturated heterocycles. The first kappa shape index (κ1) is 16.5. The summed E-state index contributed by atoms with van der Waals surface area (Å²) in [5, 5.41) is 12.9. The molecule has 7 heteroatoms. The number of benzene rings is 1. The van der Waals surface area contributed by atoms with Crippen LogP contribution in [-0.2, 0) is 5.60 Å². The molecule has 24 heavy (non-hydrogen) atoms. The molecule has 0 fully saturated rings. The molecule has 0 aliphatic rings. The molecule has 1 unspecified atom stereocenters. The predicted molar refractivity (Wildman–Crippen MR) is 86.9 cm³/mol. The first-order chi connectivity index (χ1) is 11.4. The summed E-state index contributed by atoms with van der Waals surface area (Å²) in [5.74, 6) is -1.48. The van der Waals surface area contributed by atoms with E-state index in [1.54, 1.807) is 23.7 Å². The molecule has 0 bridgehead atoms. The van der Waals surface area contributed by atoms with Crippen molar-refractivity contribution in [3.05, 3.63) is 64.1 Å². The Balaban J connectivity index is 1.94. The fourth-order valence-corrected chi connectivity index (χ4v) is 3.12. The number of pyridine rings is 1. The summed E-state index contributed by atoms with van der Waals surface area (Å²) in [6.45, 7) is 1.49. The minimum atomic E-state index is -1.53. The van der Waals surface area contributed by atoms with Gasteiger partial charge < -0.3 is 9.84 Å². The van der Waals surface area contributed by atoms with Crippen LogP contribution in [0.5, 0.6) is 5.88 Å². The monoisotopic (exact) mass is 348 g/mol. The van der Waals surface area contributed by atoms with Crippen LogP contribution >= 0.6 is 11.3 Å². The number of aromatic nitrogens is 2. The molecule has 124 valence electrons. The quantitative estimate of drug-likeness (QED) is 0.780. The predicted octanol–water partition coefficient (Wildman–Crippen LogP) is 3.75. The van der Waals surface area contributed by atoms with E-state index in [0.717, 1.165) is 17.7 Å². The Kier molecular flexibility index (Phi) is 4.29. The zero-order valence-electron chi connectivity index (χ0n) is 13.0. The number of hydrogen-bond acceptors (Lipinski definition) is 5. The van der Waals surface area contributed by atoms with Gasteiger partial charge in [0.25, 0.3) is 0 Å². The Morgan fingerprint density at radius 3 is 2.58 bits per heavy atom. The number of nitrogens with zero attached hydrogens (tertiary/aromatic N) is 2. The van der Waals surface area contributed by atoms with Gasteiger partial charge in [-0.1, -0.05) is 6.07 Å². The van der Waals surface area contributed by atoms with Crippen molar-refractivity contribution in [3.8, 4) is 17.1 Å². The summed E-state index contributed by atoms with van der Waals surface area (Å²) in [5.41, 5.74) is 0.0970. The van der Waals surface area contributed by atoms with E-state index in [0.29, 0.717) is 16.6 Å². The van der Waals surface area contributed by atoms with Crippen molar-refractivity contribution < 1.29 is 18.6 Å². The molecule has 4 nitrogen and oxygen atoms in total. The number of rotatable bonds is 4. The van der Waals surface area contributed by atoms with Gasteiger partial charge in [0, 0.05) is 23.2 Å². The van der Waals surface area contributed by atoms with E-state index in [1.165, 1.54) is 31.4 Å². The van der Waals surface area contributed by atoms with E-state index >= 15 is 0 Å². The van der Waals surface area contributed by atoms with Gasteiger partial charge in [0.2, 0.25) is 5.88 Å². The Bertz CT molecular complexity index is 863. The van der Waals surface area contributed by atoms with E-state index in [4.69, 9.17) is 4.74 Å². The van der Waals surface area contributed by atoms with Gasteiger partial charge in [0.15, 0.2) is 11.6 Å². The van der Waals surface area contributed by atoms with Crippen molar-refractivity contribution in [2.75, 3.05) is 7.11 Å². The Morgan fingerprint density at radius 2 is 1.96 bits per heavy atom. The zero-order chi connectivity index (χ0) is 17.3. The van der Waals surface area contributed by atoms with Gasteiger partial charge in [0.1, 0.15) is 10.6 Å². The standard InChI is InChI=1S/C17H14F2N2O2S/c1-17(22,11-4-5-12(18)13(19)7-11)16-21-14(9-24-16)10-3-6-15(23-2)20-8-10/h3-9,22H,1-2H3. The van der Waals surface area contributed by atoms with Crippen molar-refractivity contribution in [1.82, 2.24) is 9.97 Å². The molecule has 0 radical (unpaired) electrons. The summed E-state index contributed by atoms with van der Waals surface area (Å²) >= 11 is 1.23. The second kappa shape index (κ2) is 6.26. The Labute approximate surface area is 141 Å². The molecule has 1 aromatic carbocycles. The second-order valence-electron chi connectivity index (χ2n) is 5.33. The summed E-state index contributed by atoms with van der Waals surface area (Å²) in [4.78, 5) is 8.52. The van der Waals surface area contributed by atoms with Crippen LogP contribution in [0.2, 0.25) is 0 Å². The van der Waals surface area contributed by atoms with Crippen LogP contribution in [0.1, 0.15) is 17.5 Å². The van der Waals surface area contributed by atoms with E-state index in [2.05, 4.69) is 9.97 Å². The van der Waals surface area contributed by atoms with Gasteiger partial charge in [0.05, 0.1) is 12.8 Å². The molecular formula is C17H14F2N2O2S. The van der Waals surface area contributed by atoms with E-state index < -0.39 is 17.2 Å². The number of aliphatic hydroxyl groups is 1. The van der Waals surface area contributed by atoms with E-state index in [-0.39, 0.29) is 5.56 Å². The van der Waals surface area contributed by atoms with Crippen LogP contribution in [0.25, 0.3) is 11.3 Å². The third-order valence-electron chi connectivity index (χ3n) is 3.64. The molecule has 0 spiro atoms. The fraction of sp³-hybridized carbons (Fsp3) is 0.176. The lowest BCUT2D eigenvalue weighted by Crippen LogP contribution is -2.23. The highest BCUT2D eigenvalue weighted by Crippen LogP contribution is 2.34. The Morgan fingerprint density at radius 1 is 1.17 bits per heavy atom. The molecule has 0 aliphatic carbocycles. The van der Waals surface area contributed by atoms with Gasteiger partial charge >= 0.3 is 0 Å². The summed E-state index contributed by atoms with van der Waals surface area (Å²) in [6, 6.07) is 6.82. The molecule has 2 aromatic heterocycles. The van der Waals surface area contributed by atoms with Gasteiger partial charge in [-0.25, -0.2) is 18.7 Å². The van der Waals surface area contributed by atoms with Crippen LogP contribution in [0, 0.1) is 11.6 Å². The highest BCUT2D eigenvalue weighted by atomic mass is 32.1. The molecule has 0 amide bonds. The lowest BCUT2D eigenvalue weighted by molar-refractivity contribution is 0.101. The molecule has 1 atom stereocenters. The van der Waals surface area contributed by atoms with Gasteiger partial charge in [-0.05, 0) is 30.7 Å². The Hall–Kier alpha value is -2.38. The second-order valence-corrected chi connectivity index (χ2v) is 6.19. The maximum atomic E-state index is 13.4. The highest BCUT2D eigenvalue weighted by Gasteiger charge is 2.30. The molecular weight excluding hydrogens is 334 g/mol. The zero-order valence-corrected chi connectivity index (χ0v) is 13.8. The number of halogens is 2. The smallest absolute Gasteiger partial charge is 0.212 e. The number of ether oxygens (including phenoxy) is 1. The molecule has 1 N–H and O–H groups in total. The molecule has 3 rings (SSSR count). The molecule has 3 aromatic rings. The fourth-order valence-electron chi connectivity index (χ4n) is 2.20. The van der Waals surface area contributed by atoms with Crippen LogP contribution < -0.4 is 4.74 Å². The summed E-state index contributed by atoms with van der Waals surface area (Å²) in [7, 11) is 1.53. The third kappa shape index (κ3) is 3.00. The molecule has 0 aliphatic heterocycles. The first-order valence-corrected chi connectivity index (χ1v) is 7.94. The van der Waals surface area contributed by atoms with E-state index in [1.807, 2.05) is 0 Å². The van der Waals surface area contributed by atoms with Crippen molar-refractivity contribution in [1.29, 1.82) is 0 Å². The minimum absolute atomic E-state index is 0.232. The van der Waals surface area contributed by atoms with Crippen molar-refractivity contribution in [3.63, 3.8) is 0 Å². The van der Waals surface area contributed by atoms with Crippen LogP contribution in [-0.4, -0.2) is 22.2 Å². The number of hydrogen-bond donors (Lipinski definition) is 1.